The first-order valence-electron chi connectivity index (χ1n) is 9.25. The Morgan fingerprint density at radius 2 is 1.79 bits per heavy atom. The van der Waals surface area contributed by atoms with Gasteiger partial charge in [-0.2, -0.15) is 0 Å². The zero-order chi connectivity index (χ0) is 21.4. The number of benzene rings is 2. The van der Waals surface area contributed by atoms with Gasteiger partial charge in [0.15, 0.2) is 6.61 Å². The zero-order valence-corrected chi connectivity index (χ0v) is 18.5. The topological polar surface area (TPSA) is 58.6 Å². The minimum atomic E-state index is -0.650. The van der Waals surface area contributed by atoms with Gasteiger partial charge in [0.05, 0.1) is 5.02 Å². The van der Waals surface area contributed by atoms with E-state index in [1.807, 2.05) is 32.0 Å². The van der Waals surface area contributed by atoms with Crippen LogP contribution in [-0.2, 0) is 16.1 Å². The van der Waals surface area contributed by atoms with Crippen LogP contribution in [0, 0.1) is 0 Å². The Kier molecular flexibility index (Phi) is 9.08. The zero-order valence-electron chi connectivity index (χ0n) is 16.3. The van der Waals surface area contributed by atoms with Crippen molar-refractivity contribution in [1.29, 1.82) is 0 Å². The van der Waals surface area contributed by atoms with E-state index < -0.39 is 6.04 Å². The first-order chi connectivity index (χ1) is 13.9. The van der Waals surface area contributed by atoms with Gasteiger partial charge in [-0.15, -0.1) is 0 Å². The molecule has 0 radical (unpaired) electrons. The Balaban J connectivity index is 2.23. The molecular weight excluding hydrogens is 435 g/mol. The van der Waals surface area contributed by atoms with Crippen LogP contribution in [0.25, 0.3) is 0 Å². The fourth-order valence-corrected chi connectivity index (χ4v) is 3.49. The van der Waals surface area contributed by atoms with E-state index >= 15 is 0 Å². The molecule has 1 atom stereocenters. The molecule has 8 heteroatoms. The van der Waals surface area contributed by atoms with Crippen LogP contribution in [0.1, 0.15) is 25.8 Å². The van der Waals surface area contributed by atoms with E-state index in [-0.39, 0.29) is 25.0 Å². The van der Waals surface area contributed by atoms with Crippen molar-refractivity contribution >= 4 is 46.6 Å². The molecule has 2 amide bonds. The number of nitrogens with one attached hydrogen (secondary N) is 1. The van der Waals surface area contributed by atoms with Crippen LogP contribution in [0.5, 0.6) is 5.75 Å². The quantitative estimate of drug-likeness (QED) is 0.578. The van der Waals surface area contributed by atoms with Gasteiger partial charge in [-0.3, -0.25) is 9.59 Å². The molecule has 156 valence electrons. The van der Waals surface area contributed by atoms with Crippen LogP contribution in [-0.4, -0.2) is 35.9 Å². The molecule has 0 aromatic heterocycles. The summed E-state index contributed by atoms with van der Waals surface area (Å²) in [6, 6.07) is 11.3. The first kappa shape index (κ1) is 23.3. The Hall–Kier alpha value is -1.95. The number of hydrogen-bond acceptors (Lipinski definition) is 3. The predicted octanol–water partition coefficient (Wildman–Crippen LogP) is 4.97. The largest absolute Gasteiger partial charge is 0.482 e. The van der Waals surface area contributed by atoms with E-state index in [1.165, 1.54) is 11.0 Å². The number of ether oxygens (including phenoxy) is 1. The molecule has 0 aliphatic heterocycles. The second-order valence-electron chi connectivity index (χ2n) is 6.30. The summed E-state index contributed by atoms with van der Waals surface area (Å²) < 4.78 is 5.59. The SMILES string of the molecule is CCNC(=O)C(CC)N(Cc1ccccc1Cl)C(=O)COc1ccc(Cl)cc1Cl. The van der Waals surface area contributed by atoms with Crippen molar-refractivity contribution in [2.24, 2.45) is 0 Å². The van der Waals surface area contributed by atoms with Crippen LogP contribution in [0.15, 0.2) is 42.5 Å². The van der Waals surface area contributed by atoms with Crippen molar-refractivity contribution in [3.63, 3.8) is 0 Å². The maximum Gasteiger partial charge on any atom is 0.261 e. The highest BCUT2D eigenvalue weighted by molar-refractivity contribution is 6.35. The summed E-state index contributed by atoms with van der Waals surface area (Å²) in [7, 11) is 0. The minimum Gasteiger partial charge on any atom is -0.482 e. The number of hydrogen-bond donors (Lipinski definition) is 1. The maximum atomic E-state index is 13.0. The average molecular weight is 458 g/mol. The summed E-state index contributed by atoms with van der Waals surface area (Å²) in [5, 5.41) is 4.08. The van der Waals surface area contributed by atoms with Gasteiger partial charge in [0.2, 0.25) is 5.91 Å². The monoisotopic (exact) mass is 456 g/mol. The smallest absolute Gasteiger partial charge is 0.261 e. The van der Waals surface area contributed by atoms with Crippen molar-refractivity contribution < 1.29 is 14.3 Å². The highest BCUT2D eigenvalue weighted by Gasteiger charge is 2.29. The second kappa shape index (κ2) is 11.3. The fraction of sp³-hybridized carbons (Fsp3) is 0.333. The van der Waals surface area contributed by atoms with Gasteiger partial charge in [0.25, 0.3) is 5.91 Å². The van der Waals surface area contributed by atoms with Crippen molar-refractivity contribution in [2.45, 2.75) is 32.9 Å². The summed E-state index contributed by atoms with van der Waals surface area (Å²) >= 11 is 18.3. The number of amides is 2. The predicted molar refractivity (Wildman–Crippen MR) is 117 cm³/mol. The summed E-state index contributed by atoms with van der Waals surface area (Å²) in [6.07, 6.45) is 0.448. The molecule has 0 bridgehead atoms. The Bertz CT molecular complexity index is 861. The fourth-order valence-electron chi connectivity index (χ4n) is 2.84. The first-order valence-corrected chi connectivity index (χ1v) is 10.4. The molecule has 0 heterocycles. The molecule has 0 fully saturated rings. The van der Waals surface area contributed by atoms with E-state index in [1.54, 1.807) is 18.2 Å². The van der Waals surface area contributed by atoms with E-state index in [9.17, 15) is 9.59 Å². The van der Waals surface area contributed by atoms with Crippen LogP contribution in [0.4, 0.5) is 0 Å². The van der Waals surface area contributed by atoms with E-state index in [0.717, 1.165) is 5.56 Å². The van der Waals surface area contributed by atoms with Crippen molar-refractivity contribution in [2.75, 3.05) is 13.2 Å². The Labute approximate surface area is 185 Å². The van der Waals surface area contributed by atoms with Gasteiger partial charge in [0, 0.05) is 23.1 Å². The molecule has 0 spiro atoms. The van der Waals surface area contributed by atoms with E-state index in [4.69, 9.17) is 39.5 Å². The van der Waals surface area contributed by atoms with Crippen LogP contribution < -0.4 is 10.1 Å². The molecule has 2 rings (SSSR count). The third-order valence-electron chi connectivity index (χ3n) is 4.28. The molecule has 29 heavy (non-hydrogen) atoms. The molecule has 5 nitrogen and oxygen atoms in total. The van der Waals surface area contributed by atoms with E-state index in [2.05, 4.69) is 5.32 Å². The van der Waals surface area contributed by atoms with Gasteiger partial charge in [0.1, 0.15) is 11.8 Å². The molecular formula is C21H23Cl3N2O3. The van der Waals surface area contributed by atoms with Gasteiger partial charge in [-0.1, -0.05) is 59.9 Å². The Morgan fingerprint density at radius 1 is 1.07 bits per heavy atom. The summed E-state index contributed by atoms with van der Waals surface area (Å²) in [6.45, 7) is 4.06. The number of carbonyl (C=O) groups is 2. The Morgan fingerprint density at radius 3 is 2.41 bits per heavy atom. The van der Waals surface area contributed by atoms with Crippen molar-refractivity contribution in [3.05, 3.63) is 63.1 Å². The summed E-state index contributed by atoms with van der Waals surface area (Å²) in [5.41, 5.74) is 0.745. The second-order valence-corrected chi connectivity index (χ2v) is 7.55. The summed E-state index contributed by atoms with van der Waals surface area (Å²) in [5.74, 6) is -0.234. The highest BCUT2D eigenvalue weighted by atomic mass is 35.5. The third-order valence-corrected chi connectivity index (χ3v) is 5.18. The van der Waals surface area contributed by atoms with Gasteiger partial charge in [-0.05, 0) is 43.2 Å². The highest BCUT2D eigenvalue weighted by Crippen LogP contribution is 2.27. The maximum absolute atomic E-state index is 13.0. The molecule has 1 N–H and O–H groups in total. The number of nitrogens with zero attached hydrogens (tertiary/aromatic N) is 1. The van der Waals surface area contributed by atoms with E-state index in [0.29, 0.717) is 33.8 Å². The lowest BCUT2D eigenvalue weighted by molar-refractivity contribution is -0.142. The number of halogens is 3. The molecule has 1 unspecified atom stereocenters. The van der Waals surface area contributed by atoms with Gasteiger partial charge in [-0.25, -0.2) is 0 Å². The standard InChI is InChI=1S/C21H23Cl3N2O3/c1-3-18(21(28)25-4-2)26(12-14-7-5-6-8-16(14)23)20(27)13-29-19-10-9-15(22)11-17(19)24/h5-11,18H,3-4,12-13H2,1-2H3,(H,25,28). The molecule has 2 aromatic rings. The summed E-state index contributed by atoms with van der Waals surface area (Å²) in [4.78, 5) is 27.1. The molecule has 0 saturated heterocycles. The lowest BCUT2D eigenvalue weighted by Gasteiger charge is -2.30. The van der Waals surface area contributed by atoms with Crippen LogP contribution in [0.3, 0.4) is 0 Å². The number of likely N-dealkylation sites (N-methyl/N-ethyl adjacent to an activating group) is 1. The minimum absolute atomic E-state index is 0.186. The lowest BCUT2D eigenvalue weighted by Crippen LogP contribution is -2.50. The third kappa shape index (κ3) is 6.53. The molecule has 2 aromatic carbocycles. The molecule has 0 saturated carbocycles. The van der Waals surface area contributed by atoms with Crippen LogP contribution >= 0.6 is 34.8 Å². The lowest BCUT2D eigenvalue weighted by atomic mass is 10.1. The van der Waals surface area contributed by atoms with Gasteiger partial charge < -0.3 is 15.0 Å². The molecule has 0 aliphatic carbocycles. The number of rotatable bonds is 9. The average Bonchev–Trinajstić information content (AvgIpc) is 2.68. The number of carbonyl (C=O) groups excluding carboxylic acids is 2. The van der Waals surface area contributed by atoms with Gasteiger partial charge >= 0.3 is 0 Å². The van der Waals surface area contributed by atoms with Crippen molar-refractivity contribution in [3.8, 4) is 5.75 Å². The van der Waals surface area contributed by atoms with Crippen molar-refractivity contribution in [1.82, 2.24) is 10.2 Å². The molecule has 0 aliphatic rings. The normalized spacial score (nSPS) is 11.6. The van der Waals surface area contributed by atoms with Crippen LogP contribution in [0.2, 0.25) is 15.1 Å².